The summed E-state index contributed by atoms with van der Waals surface area (Å²) in [5.74, 6) is -1.41. The van der Waals surface area contributed by atoms with Crippen molar-refractivity contribution in [2.75, 3.05) is 23.3 Å². The number of carboxylic acids is 1. The first kappa shape index (κ1) is 15.7. The van der Waals surface area contributed by atoms with Crippen LogP contribution in [0.2, 0.25) is 0 Å². The molecule has 3 rings (SSSR count). The number of benzene rings is 1. The van der Waals surface area contributed by atoms with Crippen molar-refractivity contribution in [3.05, 3.63) is 41.6 Å². The summed E-state index contributed by atoms with van der Waals surface area (Å²) in [6.07, 6.45) is 2.24. The topological polar surface area (TPSA) is 116 Å². The molecule has 0 atom stereocenters. The number of carboxylic acid groups (broad SMARTS) is 1. The van der Waals surface area contributed by atoms with E-state index in [-0.39, 0.29) is 22.7 Å². The van der Waals surface area contributed by atoms with Crippen molar-refractivity contribution >= 4 is 23.4 Å². The maximum absolute atomic E-state index is 12.2. The molecule has 0 unspecified atom stereocenters. The molecule has 1 aromatic heterocycles. The van der Waals surface area contributed by atoms with Gasteiger partial charge < -0.3 is 20.4 Å². The SMILES string of the molecule is O=C(Nc1ccc(O)c(C(=O)O)c1)c1ccc(N2CCCC2)nn1. The van der Waals surface area contributed by atoms with E-state index in [0.29, 0.717) is 0 Å². The maximum Gasteiger partial charge on any atom is 0.339 e. The zero-order valence-electron chi connectivity index (χ0n) is 12.8. The van der Waals surface area contributed by atoms with Crippen molar-refractivity contribution in [2.24, 2.45) is 0 Å². The number of aromatic carboxylic acids is 1. The summed E-state index contributed by atoms with van der Waals surface area (Å²) in [6, 6.07) is 7.12. The van der Waals surface area contributed by atoms with E-state index in [2.05, 4.69) is 20.4 Å². The van der Waals surface area contributed by atoms with E-state index < -0.39 is 11.9 Å². The Balaban J connectivity index is 1.72. The first-order valence-electron chi connectivity index (χ1n) is 7.51. The van der Waals surface area contributed by atoms with Crippen LogP contribution in [-0.4, -0.2) is 45.4 Å². The lowest BCUT2D eigenvalue weighted by atomic mass is 10.1. The summed E-state index contributed by atoms with van der Waals surface area (Å²) < 4.78 is 0. The normalized spacial score (nSPS) is 13.8. The molecule has 3 N–H and O–H groups in total. The minimum atomic E-state index is -1.28. The number of hydrogen-bond donors (Lipinski definition) is 3. The minimum absolute atomic E-state index is 0.128. The fourth-order valence-corrected chi connectivity index (χ4v) is 2.54. The standard InChI is InChI=1S/C16H16N4O4/c21-13-5-3-10(9-11(13)16(23)24)17-15(22)12-4-6-14(19-18-12)20-7-1-2-8-20/h3-6,9,21H,1-2,7-8H2,(H,17,22)(H,23,24). The number of hydrogen-bond acceptors (Lipinski definition) is 6. The molecule has 2 heterocycles. The predicted octanol–water partition coefficient (Wildman–Crippen LogP) is 1.73. The van der Waals surface area contributed by atoms with E-state index in [4.69, 9.17) is 5.11 Å². The third-order valence-electron chi connectivity index (χ3n) is 3.80. The minimum Gasteiger partial charge on any atom is -0.507 e. The summed E-state index contributed by atoms with van der Waals surface area (Å²) in [7, 11) is 0. The third-order valence-corrected chi connectivity index (χ3v) is 3.80. The Morgan fingerprint density at radius 1 is 1.08 bits per heavy atom. The van der Waals surface area contributed by atoms with Crippen LogP contribution in [0.25, 0.3) is 0 Å². The van der Waals surface area contributed by atoms with Gasteiger partial charge in [-0.05, 0) is 43.2 Å². The van der Waals surface area contributed by atoms with Crippen molar-refractivity contribution in [1.82, 2.24) is 10.2 Å². The van der Waals surface area contributed by atoms with E-state index in [1.807, 2.05) is 0 Å². The molecule has 1 aliphatic rings. The zero-order chi connectivity index (χ0) is 17.1. The number of nitrogens with zero attached hydrogens (tertiary/aromatic N) is 3. The molecule has 1 amide bonds. The van der Waals surface area contributed by atoms with Crippen LogP contribution in [0.5, 0.6) is 5.75 Å². The van der Waals surface area contributed by atoms with Gasteiger partial charge in [-0.3, -0.25) is 4.79 Å². The van der Waals surface area contributed by atoms with Gasteiger partial charge in [0.25, 0.3) is 5.91 Å². The van der Waals surface area contributed by atoms with Gasteiger partial charge in [-0.15, -0.1) is 10.2 Å². The van der Waals surface area contributed by atoms with Crippen LogP contribution in [0.1, 0.15) is 33.7 Å². The molecule has 0 radical (unpaired) electrons. The number of phenols is 1. The van der Waals surface area contributed by atoms with E-state index in [1.54, 1.807) is 12.1 Å². The van der Waals surface area contributed by atoms with Crippen LogP contribution in [0.4, 0.5) is 11.5 Å². The molecular weight excluding hydrogens is 312 g/mol. The summed E-state index contributed by atoms with van der Waals surface area (Å²) in [5.41, 5.74) is 0.0896. The zero-order valence-corrected chi connectivity index (χ0v) is 12.8. The molecule has 1 aromatic carbocycles. The number of aromatic hydroxyl groups is 1. The second-order valence-electron chi connectivity index (χ2n) is 5.46. The van der Waals surface area contributed by atoms with Gasteiger partial charge in [-0.2, -0.15) is 0 Å². The quantitative estimate of drug-likeness (QED) is 0.732. The van der Waals surface area contributed by atoms with Gasteiger partial charge in [0.2, 0.25) is 0 Å². The Bertz CT molecular complexity index is 770. The third kappa shape index (κ3) is 3.27. The van der Waals surface area contributed by atoms with Gasteiger partial charge in [-0.25, -0.2) is 4.79 Å². The van der Waals surface area contributed by atoms with Gasteiger partial charge >= 0.3 is 5.97 Å². The number of nitrogens with one attached hydrogen (secondary N) is 1. The van der Waals surface area contributed by atoms with E-state index in [0.717, 1.165) is 31.7 Å². The summed E-state index contributed by atoms with van der Waals surface area (Å²) >= 11 is 0. The van der Waals surface area contributed by atoms with Crippen molar-refractivity contribution in [2.45, 2.75) is 12.8 Å². The molecule has 0 bridgehead atoms. The predicted molar refractivity (Wildman–Crippen MR) is 86.5 cm³/mol. The van der Waals surface area contributed by atoms with Gasteiger partial charge in [0.05, 0.1) is 0 Å². The molecule has 1 saturated heterocycles. The second kappa shape index (κ2) is 6.53. The summed E-state index contributed by atoms with van der Waals surface area (Å²) in [4.78, 5) is 25.3. The van der Waals surface area contributed by atoms with Crippen LogP contribution >= 0.6 is 0 Å². The van der Waals surface area contributed by atoms with Crippen LogP contribution in [0.3, 0.4) is 0 Å². The molecule has 0 aliphatic carbocycles. The first-order chi connectivity index (χ1) is 11.5. The van der Waals surface area contributed by atoms with Crippen LogP contribution in [-0.2, 0) is 0 Å². The largest absolute Gasteiger partial charge is 0.507 e. The molecule has 1 aliphatic heterocycles. The van der Waals surface area contributed by atoms with Crippen molar-refractivity contribution in [3.8, 4) is 5.75 Å². The molecular formula is C16H16N4O4. The lowest BCUT2D eigenvalue weighted by Crippen LogP contribution is -2.21. The number of rotatable bonds is 4. The monoisotopic (exact) mass is 328 g/mol. The van der Waals surface area contributed by atoms with E-state index >= 15 is 0 Å². The molecule has 24 heavy (non-hydrogen) atoms. The molecule has 0 saturated carbocycles. The lowest BCUT2D eigenvalue weighted by Gasteiger charge is -2.15. The number of amides is 1. The molecule has 0 spiro atoms. The van der Waals surface area contributed by atoms with Gasteiger partial charge in [0.1, 0.15) is 11.3 Å². The summed E-state index contributed by atoms with van der Waals surface area (Å²) in [6.45, 7) is 1.87. The molecule has 8 heteroatoms. The Kier molecular flexibility index (Phi) is 4.28. The average Bonchev–Trinajstić information content (AvgIpc) is 3.11. The highest BCUT2D eigenvalue weighted by Gasteiger charge is 2.16. The van der Waals surface area contributed by atoms with Gasteiger partial charge in [0, 0.05) is 18.8 Å². The number of carbonyl (C=O) groups is 2. The number of carbonyl (C=O) groups excluding carboxylic acids is 1. The smallest absolute Gasteiger partial charge is 0.339 e. The Morgan fingerprint density at radius 3 is 2.46 bits per heavy atom. The van der Waals surface area contributed by atoms with Gasteiger partial charge in [-0.1, -0.05) is 0 Å². The fourth-order valence-electron chi connectivity index (χ4n) is 2.54. The van der Waals surface area contributed by atoms with Crippen molar-refractivity contribution in [3.63, 3.8) is 0 Å². The maximum atomic E-state index is 12.2. The summed E-state index contributed by atoms with van der Waals surface area (Å²) in [5, 5.41) is 29.0. The first-order valence-corrected chi connectivity index (χ1v) is 7.51. The van der Waals surface area contributed by atoms with Crippen LogP contribution in [0, 0.1) is 0 Å². The molecule has 124 valence electrons. The second-order valence-corrected chi connectivity index (χ2v) is 5.46. The molecule has 1 fully saturated rings. The van der Waals surface area contributed by atoms with Crippen molar-refractivity contribution < 1.29 is 19.8 Å². The number of aromatic nitrogens is 2. The fraction of sp³-hybridized carbons (Fsp3) is 0.250. The van der Waals surface area contributed by atoms with Crippen LogP contribution in [0.15, 0.2) is 30.3 Å². The average molecular weight is 328 g/mol. The lowest BCUT2D eigenvalue weighted by molar-refractivity contribution is 0.0693. The Labute approximate surface area is 137 Å². The Morgan fingerprint density at radius 2 is 1.83 bits per heavy atom. The highest BCUT2D eigenvalue weighted by molar-refractivity contribution is 6.03. The van der Waals surface area contributed by atoms with E-state index in [1.165, 1.54) is 18.2 Å². The number of anilines is 2. The molecule has 2 aromatic rings. The highest BCUT2D eigenvalue weighted by Crippen LogP contribution is 2.22. The van der Waals surface area contributed by atoms with Crippen LogP contribution < -0.4 is 10.2 Å². The van der Waals surface area contributed by atoms with Crippen molar-refractivity contribution in [1.29, 1.82) is 0 Å². The molecule has 8 nitrogen and oxygen atoms in total. The van der Waals surface area contributed by atoms with E-state index in [9.17, 15) is 14.7 Å². The Hall–Kier alpha value is -3.16. The van der Waals surface area contributed by atoms with Gasteiger partial charge in [0.15, 0.2) is 11.5 Å². The highest BCUT2D eigenvalue weighted by atomic mass is 16.4.